The van der Waals surface area contributed by atoms with E-state index in [2.05, 4.69) is 0 Å². The van der Waals surface area contributed by atoms with E-state index in [0.717, 1.165) is 0 Å². The first-order chi connectivity index (χ1) is 18.9. The van der Waals surface area contributed by atoms with Crippen LogP contribution in [0.4, 0.5) is 23.8 Å². The molecule has 0 bridgehead atoms. The second-order valence-corrected chi connectivity index (χ2v) is 14.7. The van der Waals surface area contributed by atoms with Gasteiger partial charge in [-0.3, -0.25) is 4.98 Å². The number of aliphatic hydroxyl groups excluding tert-OH is 2. The van der Waals surface area contributed by atoms with Gasteiger partial charge in [-0.05, 0) is 42.4 Å². The van der Waals surface area contributed by atoms with Crippen molar-refractivity contribution in [3.8, 4) is 0 Å². The zero-order valence-electron chi connectivity index (χ0n) is 22.6. The van der Waals surface area contributed by atoms with Crippen molar-refractivity contribution in [3.05, 3.63) is 57.7 Å². The van der Waals surface area contributed by atoms with Gasteiger partial charge in [-0.15, -0.1) is 0 Å². The molecule has 2 fully saturated rings. The molecule has 2 aromatic rings. The molecule has 3 aliphatic heterocycles. The standard InChI is InChI=1S/C28H33F6NO5S/c1-27(2)14-19(36)20-22-21(23(35-24(20)26(27)37)15-5-9-38-10-6-15)25(40-28(22)7-11-39-12-8-28)17-4-3-16(13-18(17)29)41(30,31,32,33)34/h3-4,13,15,19,25-26,36-37H,5-12,14H2,1-2H3/t19-,25+,26-/m0/s1. The Balaban J connectivity index is 1.62. The molecule has 1 aromatic heterocycles. The summed E-state index contributed by atoms with van der Waals surface area (Å²) in [4.78, 5) is 2.58. The monoisotopic (exact) mass is 609 g/mol. The van der Waals surface area contributed by atoms with E-state index in [4.69, 9.17) is 19.2 Å². The van der Waals surface area contributed by atoms with Crippen LogP contribution in [0.15, 0.2) is 23.1 Å². The summed E-state index contributed by atoms with van der Waals surface area (Å²) in [6.07, 6.45) is -1.44. The summed E-state index contributed by atoms with van der Waals surface area (Å²) in [5.74, 6) is -1.68. The van der Waals surface area contributed by atoms with E-state index in [1.165, 1.54) is 0 Å². The summed E-state index contributed by atoms with van der Waals surface area (Å²) in [5.41, 5.74) is 0.000845. The highest BCUT2D eigenvalue weighted by Gasteiger charge is 2.65. The second-order valence-electron chi connectivity index (χ2n) is 12.3. The van der Waals surface area contributed by atoms with E-state index in [0.29, 0.717) is 73.0 Å². The molecule has 4 heterocycles. The van der Waals surface area contributed by atoms with E-state index in [9.17, 15) is 29.6 Å². The van der Waals surface area contributed by atoms with Crippen LogP contribution in [-0.4, -0.2) is 41.6 Å². The van der Waals surface area contributed by atoms with Crippen LogP contribution in [-0.2, 0) is 19.8 Å². The van der Waals surface area contributed by atoms with E-state index in [-0.39, 0.29) is 43.2 Å². The first-order valence-corrected chi connectivity index (χ1v) is 15.7. The fraction of sp³-hybridized carbons (Fsp3) is 0.607. The van der Waals surface area contributed by atoms with Gasteiger partial charge in [-0.2, -0.15) is 0 Å². The van der Waals surface area contributed by atoms with Gasteiger partial charge < -0.3 is 24.4 Å². The number of nitrogens with zero attached hydrogens (tertiary/aromatic N) is 1. The van der Waals surface area contributed by atoms with Crippen LogP contribution >= 0.6 is 10.2 Å². The number of fused-ring (bicyclic) bond motifs is 4. The molecule has 2 saturated heterocycles. The minimum absolute atomic E-state index is 0.171. The fourth-order valence-electron chi connectivity index (χ4n) is 6.91. The molecule has 6 rings (SSSR count). The molecule has 228 valence electrons. The van der Waals surface area contributed by atoms with Gasteiger partial charge in [0.05, 0.1) is 23.1 Å². The Labute approximate surface area is 233 Å². The van der Waals surface area contributed by atoms with Gasteiger partial charge in [0.25, 0.3) is 0 Å². The smallest absolute Gasteiger partial charge is 0.310 e. The summed E-state index contributed by atoms with van der Waals surface area (Å²) in [5, 5.41) is 22.9. The van der Waals surface area contributed by atoms with Gasteiger partial charge in [0.15, 0.2) is 0 Å². The molecule has 0 amide bonds. The summed E-state index contributed by atoms with van der Waals surface area (Å²) < 4.78 is 101. The van der Waals surface area contributed by atoms with Crippen molar-refractivity contribution in [2.24, 2.45) is 5.41 Å². The number of ether oxygens (including phenoxy) is 3. The van der Waals surface area contributed by atoms with Crippen molar-refractivity contribution in [2.75, 3.05) is 26.4 Å². The lowest BCUT2D eigenvalue weighted by Gasteiger charge is -2.42. The highest BCUT2D eigenvalue weighted by atomic mass is 32.5. The van der Waals surface area contributed by atoms with Crippen LogP contribution in [0.3, 0.4) is 0 Å². The zero-order valence-corrected chi connectivity index (χ0v) is 23.5. The topological polar surface area (TPSA) is 81.0 Å². The van der Waals surface area contributed by atoms with Crippen molar-refractivity contribution in [2.45, 2.75) is 80.7 Å². The number of benzene rings is 1. The third kappa shape index (κ3) is 4.86. The van der Waals surface area contributed by atoms with Crippen LogP contribution in [0.1, 0.15) is 104 Å². The number of aromatic nitrogens is 1. The molecule has 1 spiro atoms. The zero-order chi connectivity index (χ0) is 29.7. The summed E-state index contributed by atoms with van der Waals surface area (Å²) in [7, 11) is -10.1. The molecule has 0 radical (unpaired) electrons. The van der Waals surface area contributed by atoms with Crippen LogP contribution in [0.2, 0.25) is 0 Å². The number of aliphatic hydroxyl groups is 2. The highest BCUT2D eigenvalue weighted by Crippen LogP contribution is 3.02. The van der Waals surface area contributed by atoms with Crippen molar-refractivity contribution in [1.82, 2.24) is 4.98 Å². The minimum atomic E-state index is -10.1. The van der Waals surface area contributed by atoms with Crippen LogP contribution in [0.25, 0.3) is 0 Å². The first kappa shape index (κ1) is 29.2. The molecule has 13 heteroatoms. The Hall–Kier alpha value is -1.90. The largest absolute Gasteiger partial charge is 0.388 e. The van der Waals surface area contributed by atoms with Crippen LogP contribution in [0, 0.1) is 11.2 Å². The molecule has 6 nitrogen and oxygen atoms in total. The molecular weight excluding hydrogens is 576 g/mol. The Morgan fingerprint density at radius 1 is 0.902 bits per heavy atom. The molecule has 0 unspecified atom stereocenters. The molecule has 1 aromatic carbocycles. The maximum Gasteiger partial charge on any atom is 0.310 e. The lowest BCUT2D eigenvalue weighted by atomic mass is 9.68. The van der Waals surface area contributed by atoms with E-state index in [1.807, 2.05) is 13.8 Å². The van der Waals surface area contributed by atoms with Gasteiger partial charge in [-0.25, -0.2) is 4.39 Å². The maximum absolute atomic E-state index is 15.5. The predicted molar refractivity (Wildman–Crippen MR) is 138 cm³/mol. The van der Waals surface area contributed by atoms with Crippen molar-refractivity contribution >= 4 is 10.2 Å². The predicted octanol–water partition coefficient (Wildman–Crippen LogP) is 7.39. The average Bonchev–Trinajstić information content (AvgIpc) is 3.19. The average molecular weight is 610 g/mol. The maximum atomic E-state index is 15.5. The summed E-state index contributed by atoms with van der Waals surface area (Å²) >= 11 is 0. The number of rotatable bonds is 3. The van der Waals surface area contributed by atoms with Crippen molar-refractivity contribution in [3.63, 3.8) is 0 Å². The van der Waals surface area contributed by atoms with E-state index < -0.39 is 50.3 Å². The summed E-state index contributed by atoms with van der Waals surface area (Å²) in [6.45, 7) is 5.04. The van der Waals surface area contributed by atoms with E-state index in [1.54, 1.807) is 0 Å². The Bertz CT molecular complexity index is 1390. The number of pyridine rings is 1. The van der Waals surface area contributed by atoms with E-state index >= 15 is 4.39 Å². The number of hydrogen-bond acceptors (Lipinski definition) is 6. The molecular formula is C28H33F6NO5S. The van der Waals surface area contributed by atoms with Gasteiger partial charge in [0, 0.05) is 61.9 Å². The van der Waals surface area contributed by atoms with Crippen molar-refractivity contribution < 1.29 is 48.2 Å². The number of hydrogen-bond donors (Lipinski definition) is 2. The normalized spacial score (nSPS) is 29.5. The molecule has 3 atom stereocenters. The SMILES string of the molecule is CC1(C)C[C@H](O)c2c(nc(C3CCOCC3)c3c2C2(CCOCC2)O[C@@H]3c2ccc(S(F)(F)(F)(F)F)cc2F)[C@@H]1O. The number of halogens is 6. The van der Waals surface area contributed by atoms with Gasteiger partial charge >= 0.3 is 10.2 Å². The lowest BCUT2D eigenvalue weighted by Crippen LogP contribution is -2.38. The van der Waals surface area contributed by atoms with Crippen LogP contribution in [0.5, 0.6) is 0 Å². The first-order valence-electron chi connectivity index (χ1n) is 13.7. The summed E-state index contributed by atoms with van der Waals surface area (Å²) in [6, 6.07) is 0.728. The molecule has 41 heavy (non-hydrogen) atoms. The van der Waals surface area contributed by atoms with Crippen molar-refractivity contribution in [1.29, 1.82) is 0 Å². The Morgan fingerprint density at radius 2 is 1.54 bits per heavy atom. The second kappa shape index (κ2) is 8.82. The quantitative estimate of drug-likeness (QED) is 0.353. The minimum Gasteiger partial charge on any atom is -0.388 e. The van der Waals surface area contributed by atoms with Gasteiger partial charge in [0.1, 0.15) is 22.9 Å². The molecule has 0 saturated carbocycles. The third-order valence-electron chi connectivity index (χ3n) is 9.05. The fourth-order valence-corrected chi connectivity index (χ4v) is 7.56. The Kier molecular flexibility index (Phi) is 6.28. The molecule has 1 aliphatic carbocycles. The van der Waals surface area contributed by atoms with Gasteiger partial charge in [-0.1, -0.05) is 39.3 Å². The molecule has 2 N–H and O–H groups in total. The third-order valence-corrected chi connectivity index (χ3v) is 10.2. The lowest BCUT2D eigenvalue weighted by molar-refractivity contribution is -0.123. The highest BCUT2D eigenvalue weighted by molar-refractivity contribution is 8.45. The van der Waals surface area contributed by atoms with Crippen LogP contribution < -0.4 is 0 Å². The molecule has 4 aliphatic rings. The Morgan fingerprint density at radius 3 is 2.15 bits per heavy atom. The van der Waals surface area contributed by atoms with Gasteiger partial charge in [0.2, 0.25) is 0 Å².